The lowest BCUT2D eigenvalue weighted by molar-refractivity contribution is 0.431. The first-order chi connectivity index (χ1) is 12.2. The Morgan fingerprint density at radius 2 is 2.00 bits per heavy atom. The van der Waals surface area contributed by atoms with Gasteiger partial charge in [0, 0.05) is 28.7 Å². The molecule has 124 valence electrons. The van der Waals surface area contributed by atoms with Gasteiger partial charge in [-0.15, -0.1) is 0 Å². The van der Waals surface area contributed by atoms with Crippen molar-refractivity contribution in [2.24, 2.45) is 0 Å². The first-order valence-corrected chi connectivity index (χ1v) is 8.27. The fourth-order valence-electron chi connectivity index (χ4n) is 2.84. The Morgan fingerprint density at radius 3 is 2.80 bits per heavy atom. The summed E-state index contributed by atoms with van der Waals surface area (Å²) in [7, 11) is 0. The van der Waals surface area contributed by atoms with Gasteiger partial charge in [0.25, 0.3) is 5.89 Å². The molecule has 0 radical (unpaired) electrons. The second kappa shape index (κ2) is 6.18. The molecule has 0 bridgehead atoms. The van der Waals surface area contributed by atoms with E-state index in [2.05, 4.69) is 10.1 Å². The Hall–Kier alpha value is -2.92. The lowest BCUT2D eigenvalue weighted by Gasteiger charge is -2.09. The van der Waals surface area contributed by atoms with E-state index in [4.69, 9.17) is 16.1 Å². The maximum absolute atomic E-state index is 12.8. The first kappa shape index (κ1) is 15.6. The highest BCUT2D eigenvalue weighted by Crippen LogP contribution is 2.24. The van der Waals surface area contributed by atoms with Gasteiger partial charge in [-0.05, 0) is 31.2 Å². The highest BCUT2D eigenvalue weighted by Gasteiger charge is 2.17. The van der Waals surface area contributed by atoms with Crippen molar-refractivity contribution >= 4 is 22.5 Å². The minimum atomic E-state index is -0.124. The molecule has 0 unspecified atom stereocenters. The Labute approximate surface area is 148 Å². The molecule has 5 nitrogen and oxygen atoms in total. The van der Waals surface area contributed by atoms with Crippen LogP contribution in [0.25, 0.3) is 33.7 Å². The molecule has 2 aromatic heterocycles. The number of fused-ring (bicyclic) bond motifs is 1. The molecule has 0 saturated heterocycles. The molecule has 2 heterocycles. The number of aromatic nitrogens is 3. The van der Waals surface area contributed by atoms with Crippen LogP contribution in [0, 0.1) is 0 Å². The summed E-state index contributed by atoms with van der Waals surface area (Å²) >= 11 is 6.01. The third-order valence-electron chi connectivity index (χ3n) is 4.07. The summed E-state index contributed by atoms with van der Waals surface area (Å²) in [6.07, 6.45) is 1.76. The first-order valence-electron chi connectivity index (χ1n) is 7.89. The Morgan fingerprint density at radius 1 is 1.16 bits per heavy atom. The molecule has 0 N–H and O–H groups in total. The van der Waals surface area contributed by atoms with Crippen LogP contribution in [0.2, 0.25) is 5.02 Å². The van der Waals surface area contributed by atoms with Gasteiger partial charge in [0.2, 0.25) is 11.3 Å². The predicted octanol–water partition coefficient (Wildman–Crippen LogP) is 4.39. The van der Waals surface area contributed by atoms with Crippen molar-refractivity contribution in [2.45, 2.75) is 13.5 Å². The second-order valence-corrected chi connectivity index (χ2v) is 6.04. The number of hydrogen-bond donors (Lipinski definition) is 0. The fraction of sp³-hybridized carbons (Fsp3) is 0.105. The molecule has 0 amide bonds. The molecular formula is C19H14ClN3O2. The van der Waals surface area contributed by atoms with Crippen LogP contribution in [0.5, 0.6) is 0 Å². The molecule has 6 heteroatoms. The monoisotopic (exact) mass is 351 g/mol. The van der Waals surface area contributed by atoms with E-state index < -0.39 is 0 Å². The highest BCUT2D eigenvalue weighted by molar-refractivity contribution is 6.30. The molecule has 0 atom stereocenters. The zero-order valence-electron chi connectivity index (χ0n) is 13.4. The summed E-state index contributed by atoms with van der Waals surface area (Å²) in [5.74, 6) is 0.598. The molecule has 2 aromatic carbocycles. The van der Waals surface area contributed by atoms with Crippen molar-refractivity contribution in [3.05, 3.63) is 70.0 Å². The van der Waals surface area contributed by atoms with Crippen LogP contribution in [0.15, 0.2) is 64.0 Å². The van der Waals surface area contributed by atoms with Gasteiger partial charge >= 0.3 is 0 Å². The van der Waals surface area contributed by atoms with Crippen LogP contribution in [0.3, 0.4) is 0 Å². The topological polar surface area (TPSA) is 60.9 Å². The number of halogens is 1. The smallest absolute Gasteiger partial charge is 0.263 e. The summed E-state index contributed by atoms with van der Waals surface area (Å²) in [5, 5.41) is 5.20. The zero-order valence-corrected chi connectivity index (χ0v) is 14.2. The Bertz CT molecular complexity index is 1130. The SMILES string of the molecule is CCn1cc(-c2nc(-c3cccc(Cl)c3)no2)c(=O)c2ccccc21. The minimum Gasteiger partial charge on any atom is -0.347 e. The van der Waals surface area contributed by atoms with Gasteiger partial charge in [-0.2, -0.15) is 4.98 Å². The number of pyridine rings is 1. The minimum absolute atomic E-state index is 0.124. The molecule has 25 heavy (non-hydrogen) atoms. The Kier molecular flexibility index (Phi) is 3.86. The normalized spacial score (nSPS) is 11.1. The summed E-state index contributed by atoms with van der Waals surface area (Å²) in [6, 6.07) is 14.7. The summed E-state index contributed by atoms with van der Waals surface area (Å²) in [4.78, 5) is 17.2. The van der Waals surface area contributed by atoms with Gasteiger partial charge in [0.15, 0.2) is 0 Å². The summed E-state index contributed by atoms with van der Waals surface area (Å²) in [5.41, 5.74) is 1.88. The van der Waals surface area contributed by atoms with Gasteiger partial charge in [-0.1, -0.05) is 41.0 Å². The average molecular weight is 352 g/mol. The number of hydrogen-bond acceptors (Lipinski definition) is 4. The second-order valence-electron chi connectivity index (χ2n) is 5.61. The molecule has 0 fully saturated rings. The standard InChI is InChI=1S/C19H14ClN3O2/c1-2-23-11-15(17(24)14-8-3-4-9-16(14)23)19-21-18(22-25-19)12-6-5-7-13(20)10-12/h3-11H,2H2,1H3. The van der Waals surface area contributed by atoms with E-state index in [0.29, 0.717) is 21.8 Å². The van der Waals surface area contributed by atoms with Crippen molar-refractivity contribution in [1.82, 2.24) is 14.7 Å². The van der Waals surface area contributed by atoms with Crippen molar-refractivity contribution < 1.29 is 4.52 Å². The zero-order chi connectivity index (χ0) is 17.4. The summed E-state index contributed by atoms with van der Waals surface area (Å²) < 4.78 is 7.35. The summed E-state index contributed by atoms with van der Waals surface area (Å²) in [6.45, 7) is 2.75. The van der Waals surface area contributed by atoms with Crippen molar-refractivity contribution in [1.29, 1.82) is 0 Å². The van der Waals surface area contributed by atoms with Crippen LogP contribution in [-0.4, -0.2) is 14.7 Å². The number of para-hydroxylation sites is 1. The van der Waals surface area contributed by atoms with Crippen molar-refractivity contribution in [3.8, 4) is 22.8 Å². The molecule has 0 aliphatic carbocycles. The van der Waals surface area contributed by atoms with E-state index in [0.717, 1.165) is 17.6 Å². The fourth-order valence-corrected chi connectivity index (χ4v) is 3.03. The van der Waals surface area contributed by atoms with Crippen molar-refractivity contribution in [2.75, 3.05) is 0 Å². The third kappa shape index (κ3) is 2.72. The van der Waals surface area contributed by atoms with E-state index in [9.17, 15) is 4.79 Å². The van der Waals surface area contributed by atoms with Crippen LogP contribution in [0.1, 0.15) is 6.92 Å². The van der Waals surface area contributed by atoms with Gasteiger partial charge < -0.3 is 9.09 Å². The maximum atomic E-state index is 12.8. The maximum Gasteiger partial charge on any atom is 0.263 e. The number of aryl methyl sites for hydroxylation is 1. The van der Waals surface area contributed by atoms with Gasteiger partial charge in [-0.25, -0.2) is 0 Å². The van der Waals surface area contributed by atoms with Gasteiger partial charge in [-0.3, -0.25) is 4.79 Å². The van der Waals surface area contributed by atoms with Crippen LogP contribution in [0.4, 0.5) is 0 Å². The molecule has 0 spiro atoms. The number of benzene rings is 2. The van der Waals surface area contributed by atoms with Crippen LogP contribution >= 0.6 is 11.6 Å². The molecular weight excluding hydrogens is 338 g/mol. The van der Waals surface area contributed by atoms with E-state index in [1.165, 1.54) is 0 Å². The third-order valence-corrected chi connectivity index (χ3v) is 4.30. The van der Waals surface area contributed by atoms with Crippen molar-refractivity contribution in [3.63, 3.8) is 0 Å². The Balaban J connectivity index is 1.88. The van der Waals surface area contributed by atoms with E-state index >= 15 is 0 Å². The molecule has 0 aliphatic heterocycles. The predicted molar refractivity (Wildman–Crippen MR) is 97.6 cm³/mol. The lowest BCUT2D eigenvalue weighted by atomic mass is 10.1. The van der Waals surface area contributed by atoms with E-state index in [1.807, 2.05) is 47.9 Å². The van der Waals surface area contributed by atoms with Gasteiger partial charge in [0.05, 0.1) is 5.52 Å². The highest BCUT2D eigenvalue weighted by atomic mass is 35.5. The molecule has 0 saturated carbocycles. The molecule has 0 aliphatic rings. The lowest BCUT2D eigenvalue weighted by Crippen LogP contribution is -2.11. The molecule has 4 aromatic rings. The quantitative estimate of drug-likeness (QED) is 0.549. The van der Waals surface area contributed by atoms with E-state index in [1.54, 1.807) is 18.3 Å². The number of nitrogens with zero attached hydrogens (tertiary/aromatic N) is 3. The van der Waals surface area contributed by atoms with E-state index in [-0.39, 0.29) is 11.3 Å². The molecule has 4 rings (SSSR count). The van der Waals surface area contributed by atoms with Crippen LogP contribution in [-0.2, 0) is 6.54 Å². The van der Waals surface area contributed by atoms with Gasteiger partial charge in [0.1, 0.15) is 5.56 Å². The largest absolute Gasteiger partial charge is 0.347 e. The van der Waals surface area contributed by atoms with Crippen LogP contribution < -0.4 is 5.43 Å². The number of rotatable bonds is 3. The average Bonchev–Trinajstić information content (AvgIpc) is 3.12.